The first kappa shape index (κ1) is 19.4. The molecule has 144 valence electrons. The summed E-state index contributed by atoms with van der Waals surface area (Å²) in [5, 5.41) is 6.02. The number of hydrogen-bond acceptors (Lipinski definition) is 5. The van der Waals surface area contributed by atoms with Gasteiger partial charge in [-0.1, -0.05) is 31.5 Å². The Labute approximate surface area is 165 Å². The highest BCUT2D eigenvalue weighted by atomic mass is 16.5. The minimum Gasteiger partial charge on any atom is -0.457 e. The molecule has 6 heteroatoms. The first-order chi connectivity index (χ1) is 13.6. The average Bonchev–Trinajstić information content (AvgIpc) is 2.70. The number of anilines is 2. The van der Waals surface area contributed by atoms with E-state index >= 15 is 0 Å². The molecule has 0 aliphatic rings. The van der Waals surface area contributed by atoms with Crippen molar-refractivity contribution in [3.05, 3.63) is 72.1 Å². The molecule has 0 unspecified atom stereocenters. The van der Waals surface area contributed by atoms with Crippen LogP contribution in [0.2, 0.25) is 0 Å². The van der Waals surface area contributed by atoms with Crippen LogP contribution >= 0.6 is 0 Å². The van der Waals surface area contributed by atoms with Crippen molar-refractivity contribution in [2.45, 2.75) is 26.7 Å². The van der Waals surface area contributed by atoms with E-state index in [1.54, 1.807) is 6.07 Å². The van der Waals surface area contributed by atoms with Crippen molar-refractivity contribution < 1.29 is 9.53 Å². The van der Waals surface area contributed by atoms with E-state index in [9.17, 15) is 4.79 Å². The van der Waals surface area contributed by atoms with Gasteiger partial charge in [-0.05, 0) is 55.8 Å². The summed E-state index contributed by atoms with van der Waals surface area (Å²) in [5.41, 5.74) is 1.89. The van der Waals surface area contributed by atoms with Crippen molar-refractivity contribution in [2.24, 2.45) is 0 Å². The second kappa shape index (κ2) is 9.50. The number of ether oxygens (including phenoxy) is 1. The molecule has 28 heavy (non-hydrogen) atoms. The Hall–Kier alpha value is -3.41. The van der Waals surface area contributed by atoms with E-state index in [-0.39, 0.29) is 5.91 Å². The van der Waals surface area contributed by atoms with Gasteiger partial charge in [0, 0.05) is 17.9 Å². The summed E-state index contributed by atoms with van der Waals surface area (Å²) < 4.78 is 5.79. The number of para-hydroxylation sites is 1. The Kier molecular flexibility index (Phi) is 6.57. The molecule has 2 N–H and O–H groups in total. The molecule has 0 saturated heterocycles. The van der Waals surface area contributed by atoms with Crippen molar-refractivity contribution in [3.63, 3.8) is 0 Å². The van der Waals surface area contributed by atoms with Crippen LogP contribution in [0, 0.1) is 6.92 Å². The quantitative estimate of drug-likeness (QED) is 0.550. The van der Waals surface area contributed by atoms with E-state index in [2.05, 4.69) is 27.5 Å². The topological polar surface area (TPSA) is 76.1 Å². The smallest absolute Gasteiger partial charge is 0.270 e. The molecule has 0 bridgehead atoms. The fourth-order valence-electron chi connectivity index (χ4n) is 2.57. The Bertz CT molecular complexity index is 912. The number of aryl methyl sites for hydroxylation is 1. The zero-order chi connectivity index (χ0) is 19.8. The molecule has 2 aromatic carbocycles. The molecule has 6 nitrogen and oxygen atoms in total. The van der Waals surface area contributed by atoms with Crippen molar-refractivity contribution in [3.8, 4) is 11.5 Å². The number of carbonyl (C=O) groups is 1. The maximum absolute atomic E-state index is 12.2. The number of benzene rings is 2. The monoisotopic (exact) mass is 376 g/mol. The maximum atomic E-state index is 12.2. The van der Waals surface area contributed by atoms with Gasteiger partial charge in [-0.15, -0.1) is 0 Å². The van der Waals surface area contributed by atoms with E-state index in [0.29, 0.717) is 18.2 Å². The fourth-order valence-corrected chi connectivity index (χ4v) is 2.57. The standard InChI is InChI=1S/C22H24N4O2/c1-3-4-14-23-21(27)20-15-16(2)24-22(26-20)25-17-10-12-19(13-11-17)28-18-8-6-5-7-9-18/h5-13,15H,3-4,14H2,1-2H3,(H,23,27)(H,24,25,26). The molecule has 0 atom stereocenters. The summed E-state index contributed by atoms with van der Waals surface area (Å²) in [6, 6.07) is 18.8. The molecule has 3 rings (SSSR count). The number of hydrogen-bond donors (Lipinski definition) is 2. The zero-order valence-corrected chi connectivity index (χ0v) is 16.1. The highest BCUT2D eigenvalue weighted by Gasteiger charge is 2.10. The van der Waals surface area contributed by atoms with E-state index in [0.717, 1.165) is 35.7 Å². The molecular weight excluding hydrogens is 352 g/mol. The predicted molar refractivity (Wildman–Crippen MR) is 110 cm³/mol. The molecule has 0 saturated carbocycles. The van der Waals surface area contributed by atoms with Crippen molar-refractivity contribution >= 4 is 17.5 Å². The van der Waals surface area contributed by atoms with Gasteiger partial charge >= 0.3 is 0 Å². The van der Waals surface area contributed by atoms with Gasteiger partial charge in [-0.25, -0.2) is 9.97 Å². The molecule has 1 aromatic heterocycles. The van der Waals surface area contributed by atoms with Crippen LogP contribution in [0.15, 0.2) is 60.7 Å². The van der Waals surface area contributed by atoms with Gasteiger partial charge in [0.15, 0.2) is 0 Å². The van der Waals surface area contributed by atoms with Crippen molar-refractivity contribution in [2.75, 3.05) is 11.9 Å². The number of unbranched alkanes of at least 4 members (excludes halogenated alkanes) is 1. The van der Waals surface area contributed by atoms with Crippen molar-refractivity contribution in [1.82, 2.24) is 15.3 Å². The highest BCUT2D eigenvalue weighted by molar-refractivity contribution is 5.92. The van der Waals surface area contributed by atoms with Gasteiger partial charge in [0.2, 0.25) is 5.95 Å². The van der Waals surface area contributed by atoms with E-state index in [4.69, 9.17) is 4.74 Å². The van der Waals surface area contributed by atoms with Crippen LogP contribution in [-0.2, 0) is 0 Å². The van der Waals surface area contributed by atoms with Crippen LogP contribution in [0.4, 0.5) is 11.6 Å². The van der Waals surface area contributed by atoms with E-state index in [1.165, 1.54) is 0 Å². The Morgan fingerprint density at radius 3 is 2.43 bits per heavy atom. The highest BCUT2D eigenvalue weighted by Crippen LogP contribution is 2.23. The third kappa shape index (κ3) is 5.54. The Balaban J connectivity index is 1.66. The van der Waals surface area contributed by atoms with E-state index in [1.807, 2.05) is 61.5 Å². The summed E-state index contributed by atoms with van der Waals surface area (Å²) in [4.78, 5) is 20.9. The summed E-state index contributed by atoms with van der Waals surface area (Å²) >= 11 is 0. The summed E-state index contributed by atoms with van der Waals surface area (Å²) in [6.07, 6.45) is 1.97. The van der Waals surface area contributed by atoms with E-state index < -0.39 is 0 Å². The van der Waals surface area contributed by atoms with Crippen LogP contribution in [-0.4, -0.2) is 22.4 Å². The lowest BCUT2D eigenvalue weighted by atomic mass is 10.3. The van der Waals surface area contributed by atoms with Crippen LogP contribution in [0.5, 0.6) is 11.5 Å². The first-order valence-electron chi connectivity index (χ1n) is 9.38. The van der Waals surface area contributed by atoms with Gasteiger partial charge in [0.05, 0.1) is 0 Å². The fraction of sp³-hybridized carbons (Fsp3) is 0.227. The second-order valence-corrected chi connectivity index (χ2v) is 6.39. The molecule has 1 heterocycles. The van der Waals surface area contributed by atoms with Gasteiger partial charge in [-0.3, -0.25) is 4.79 Å². The molecular formula is C22H24N4O2. The molecule has 3 aromatic rings. The van der Waals surface area contributed by atoms with Crippen LogP contribution < -0.4 is 15.4 Å². The van der Waals surface area contributed by atoms with Gasteiger partial charge in [0.1, 0.15) is 17.2 Å². The second-order valence-electron chi connectivity index (χ2n) is 6.39. The molecule has 0 fully saturated rings. The zero-order valence-electron chi connectivity index (χ0n) is 16.1. The summed E-state index contributed by atoms with van der Waals surface area (Å²) in [7, 11) is 0. The predicted octanol–water partition coefficient (Wildman–Crippen LogP) is 4.85. The Morgan fingerprint density at radius 2 is 1.71 bits per heavy atom. The maximum Gasteiger partial charge on any atom is 0.270 e. The molecule has 0 aliphatic heterocycles. The summed E-state index contributed by atoms with van der Waals surface area (Å²) in [6.45, 7) is 4.57. The lowest BCUT2D eigenvalue weighted by Crippen LogP contribution is -2.25. The third-order valence-corrected chi connectivity index (χ3v) is 3.99. The number of nitrogens with one attached hydrogen (secondary N) is 2. The average molecular weight is 376 g/mol. The van der Waals surface area contributed by atoms with Crippen molar-refractivity contribution in [1.29, 1.82) is 0 Å². The first-order valence-corrected chi connectivity index (χ1v) is 9.38. The SMILES string of the molecule is CCCCNC(=O)c1cc(C)nc(Nc2ccc(Oc3ccccc3)cc2)n1. The normalized spacial score (nSPS) is 10.4. The Morgan fingerprint density at radius 1 is 1.00 bits per heavy atom. The van der Waals surface area contributed by atoms with Gasteiger partial charge in [0.25, 0.3) is 5.91 Å². The molecule has 0 radical (unpaired) electrons. The lowest BCUT2D eigenvalue weighted by molar-refractivity contribution is 0.0948. The minimum absolute atomic E-state index is 0.186. The number of nitrogens with zero attached hydrogens (tertiary/aromatic N) is 2. The number of amides is 1. The third-order valence-electron chi connectivity index (χ3n) is 3.99. The number of carbonyl (C=O) groups excluding carboxylic acids is 1. The molecule has 1 amide bonds. The largest absolute Gasteiger partial charge is 0.457 e. The molecule has 0 aliphatic carbocycles. The van der Waals surface area contributed by atoms with Crippen LogP contribution in [0.3, 0.4) is 0 Å². The van der Waals surface area contributed by atoms with Crippen LogP contribution in [0.1, 0.15) is 35.9 Å². The number of aromatic nitrogens is 2. The minimum atomic E-state index is -0.186. The van der Waals surface area contributed by atoms with Gasteiger partial charge in [-0.2, -0.15) is 0 Å². The number of rotatable bonds is 8. The molecule has 0 spiro atoms. The lowest BCUT2D eigenvalue weighted by Gasteiger charge is -2.10. The van der Waals surface area contributed by atoms with Crippen LogP contribution in [0.25, 0.3) is 0 Å². The summed E-state index contributed by atoms with van der Waals surface area (Å²) in [5.74, 6) is 1.72. The van der Waals surface area contributed by atoms with Gasteiger partial charge < -0.3 is 15.4 Å².